The molecule has 0 bridgehead atoms. The molecule has 0 saturated heterocycles. The van der Waals surface area contributed by atoms with Gasteiger partial charge >= 0.3 is 0 Å². The Morgan fingerprint density at radius 2 is 1.29 bits per heavy atom. The summed E-state index contributed by atoms with van der Waals surface area (Å²) in [5, 5.41) is 0. The van der Waals surface area contributed by atoms with Crippen LogP contribution in [0, 0.1) is 5.92 Å². The molecule has 0 unspecified atom stereocenters. The van der Waals surface area contributed by atoms with Crippen LogP contribution in [-0.4, -0.2) is 13.0 Å². The van der Waals surface area contributed by atoms with Crippen molar-refractivity contribution in [1.29, 1.82) is 0 Å². The van der Waals surface area contributed by atoms with Crippen LogP contribution in [0.15, 0.2) is 48.5 Å². The lowest BCUT2D eigenvalue weighted by molar-refractivity contribution is 0.482. The summed E-state index contributed by atoms with van der Waals surface area (Å²) in [7, 11) is -3.97. The number of benzene rings is 2. The van der Waals surface area contributed by atoms with Gasteiger partial charge in [0.1, 0.15) is 5.75 Å². The first-order valence-corrected chi connectivity index (χ1v) is 8.58. The van der Waals surface area contributed by atoms with E-state index in [0.29, 0.717) is 11.5 Å². The predicted octanol–water partition coefficient (Wildman–Crippen LogP) is 3.94. The van der Waals surface area contributed by atoms with E-state index in [2.05, 4.69) is 38.1 Å². The highest BCUT2D eigenvalue weighted by Crippen LogP contribution is 2.21. The van der Waals surface area contributed by atoms with Crippen LogP contribution in [0.5, 0.6) is 0 Å². The Morgan fingerprint density at radius 1 is 0.857 bits per heavy atom. The molecule has 0 saturated carbocycles. The minimum atomic E-state index is -3.97. The monoisotopic (exact) mass is 304 g/mol. The van der Waals surface area contributed by atoms with Crippen LogP contribution in [-0.2, 0) is 22.3 Å². The molecule has 0 spiro atoms. The lowest BCUT2D eigenvalue weighted by Crippen LogP contribution is -2.01. The average Bonchev–Trinajstić information content (AvgIpc) is 2.38. The maximum atomic E-state index is 10.8. The molecular weight excluding hydrogens is 284 g/mol. The van der Waals surface area contributed by atoms with Gasteiger partial charge in [-0.3, -0.25) is 4.55 Å². The van der Waals surface area contributed by atoms with Crippen molar-refractivity contribution in [3.05, 3.63) is 59.7 Å². The van der Waals surface area contributed by atoms with Crippen LogP contribution >= 0.6 is 0 Å². The highest BCUT2D eigenvalue weighted by Gasteiger charge is 2.07. The van der Waals surface area contributed by atoms with Crippen molar-refractivity contribution >= 4 is 10.1 Å². The minimum absolute atomic E-state index is 0.347. The molecule has 0 aliphatic carbocycles. The van der Waals surface area contributed by atoms with Crippen molar-refractivity contribution in [2.75, 3.05) is 0 Å². The van der Waals surface area contributed by atoms with E-state index in [9.17, 15) is 8.42 Å². The van der Waals surface area contributed by atoms with Gasteiger partial charge < -0.3 is 0 Å². The highest BCUT2D eigenvalue weighted by molar-refractivity contribution is 7.85. The molecule has 2 aromatic carbocycles. The molecule has 2 rings (SSSR count). The fourth-order valence-corrected chi connectivity index (χ4v) is 2.92. The Labute approximate surface area is 126 Å². The topological polar surface area (TPSA) is 54.4 Å². The zero-order valence-electron chi connectivity index (χ0n) is 12.3. The van der Waals surface area contributed by atoms with Gasteiger partial charge in [-0.2, -0.15) is 8.42 Å². The third kappa shape index (κ3) is 4.99. The van der Waals surface area contributed by atoms with Gasteiger partial charge in [-0.25, -0.2) is 0 Å². The van der Waals surface area contributed by atoms with Crippen molar-refractivity contribution in [3.63, 3.8) is 0 Å². The van der Waals surface area contributed by atoms with Gasteiger partial charge in [0.2, 0.25) is 0 Å². The van der Waals surface area contributed by atoms with Crippen molar-refractivity contribution in [2.45, 2.75) is 26.0 Å². The Balaban J connectivity index is 2.15. The second-order valence-electron chi connectivity index (χ2n) is 5.72. The molecule has 0 aliphatic rings. The third-order valence-electron chi connectivity index (χ3n) is 3.23. The number of hydrogen-bond donors (Lipinski definition) is 1. The van der Waals surface area contributed by atoms with Crippen LogP contribution in [0.4, 0.5) is 0 Å². The standard InChI is InChI=1S/C17H20O3S/c1-13(2)11-14-3-7-16(8-4-14)17-9-5-15(6-10-17)12-21(18,19)20/h3-10,13H,11-12H2,1-2H3,(H,18,19,20). The van der Waals surface area contributed by atoms with E-state index in [-0.39, 0.29) is 5.75 Å². The molecule has 21 heavy (non-hydrogen) atoms. The average molecular weight is 304 g/mol. The minimum Gasteiger partial charge on any atom is -0.285 e. The number of hydrogen-bond acceptors (Lipinski definition) is 2. The lowest BCUT2D eigenvalue weighted by atomic mass is 9.99. The Morgan fingerprint density at radius 3 is 1.67 bits per heavy atom. The van der Waals surface area contributed by atoms with Gasteiger partial charge in [-0.05, 0) is 34.6 Å². The van der Waals surface area contributed by atoms with Crippen molar-refractivity contribution in [1.82, 2.24) is 0 Å². The molecule has 0 fully saturated rings. The summed E-state index contributed by atoms with van der Waals surface area (Å²) in [6.45, 7) is 4.39. The largest absolute Gasteiger partial charge is 0.285 e. The predicted molar refractivity (Wildman–Crippen MR) is 85.7 cm³/mol. The zero-order valence-corrected chi connectivity index (χ0v) is 13.1. The molecule has 0 heterocycles. The van der Waals surface area contributed by atoms with E-state index < -0.39 is 10.1 Å². The van der Waals surface area contributed by atoms with Crippen LogP contribution < -0.4 is 0 Å². The summed E-state index contributed by atoms with van der Waals surface area (Å²) in [5.74, 6) is 0.288. The fraction of sp³-hybridized carbons (Fsp3) is 0.294. The molecule has 0 amide bonds. The van der Waals surface area contributed by atoms with Gasteiger partial charge in [0, 0.05) is 0 Å². The summed E-state index contributed by atoms with van der Waals surface area (Å²) in [6.07, 6.45) is 1.06. The maximum Gasteiger partial charge on any atom is 0.269 e. The Kier molecular flexibility index (Phi) is 4.80. The normalized spacial score (nSPS) is 11.8. The molecule has 1 N–H and O–H groups in total. The molecule has 3 nitrogen and oxygen atoms in total. The molecule has 2 aromatic rings. The first-order valence-electron chi connectivity index (χ1n) is 6.97. The molecule has 0 radical (unpaired) electrons. The second kappa shape index (κ2) is 6.41. The van der Waals surface area contributed by atoms with Crippen LogP contribution in [0.1, 0.15) is 25.0 Å². The van der Waals surface area contributed by atoms with Crippen LogP contribution in [0.3, 0.4) is 0 Å². The lowest BCUT2D eigenvalue weighted by Gasteiger charge is -2.07. The van der Waals surface area contributed by atoms with Gasteiger partial charge in [0.15, 0.2) is 0 Å². The SMILES string of the molecule is CC(C)Cc1ccc(-c2ccc(CS(=O)(=O)O)cc2)cc1. The Hall–Kier alpha value is -1.65. The quantitative estimate of drug-likeness (QED) is 0.851. The molecule has 112 valence electrons. The Bertz CT molecular complexity index is 684. The van der Waals surface area contributed by atoms with E-state index in [0.717, 1.165) is 17.5 Å². The van der Waals surface area contributed by atoms with E-state index in [4.69, 9.17) is 4.55 Å². The summed E-state index contributed by atoms with van der Waals surface area (Å²) in [5.41, 5.74) is 4.03. The van der Waals surface area contributed by atoms with Crippen LogP contribution in [0.25, 0.3) is 11.1 Å². The van der Waals surface area contributed by atoms with E-state index >= 15 is 0 Å². The molecule has 0 atom stereocenters. The summed E-state index contributed by atoms with van der Waals surface area (Å²) < 4.78 is 30.5. The zero-order chi connectivity index (χ0) is 15.5. The maximum absolute atomic E-state index is 10.8. The van der Waals surface area contributed by atoms with Gasteiger partial charge in [-0.1, -0.05) is 62.4 Å². The van der Waals surface area contributed by atoms with Gasteiger partial charge in [-0.15, -0.1) is 0 Å². The van der Waals surface area contributed by atoms with Crippen molar-refractivity contribution in [3.8, 4) is 11.1 Å². The number of rotatable bonds is 5. The van der Waals surface area contributed by atoms with Gasteiger partial charge in [0.05, 0.1) is 0 Å². The molecule has 0 aromatic heterocycles. The van der Waals surface area contributed by atoms with Crippen molar-refractivity contribution in [2.24, 2.45) is 5.92 Å². The molecule has 0 aliphatic heterocycles. The van der Waals surface area contributed by atoms with Crippen LogP contribution in [0.2, 0.25) is 0 Å². The summed E-state index contributed by atoms with van der Waals surface area (Å²) in [6, 6.07) is 15.6. The fourth-order valence-electron chi connectivity index (χ4n) is 2.31. The summed E-state index contributed by atoms with van der Waals surface area (Å²) in [4.78, 5) is 0. The molecule has 4 heteroatoms. The van der Waals surface area contributed by atoms with Crippen molar-refractivity contribution < 1.29 is 13.0 Å². The highest BCUT2D eigenvalue weighted by atomic mass is 32.2. The summed E-state index contributed by atoms with van der Waals surface area (Å²) >= 11 is 0. The first kappa shape index (κ1) is 15.7. The molecular formula is C17H20O3S. The first-order chi connectivity index (χ1) is 9.83. The van der Waals surface area contributed by atoms with E-state index in [1.807, 2.05) is 12.1 Å². The van der Waals surface area contributed by atoms with Gasteiger partial charge in [0.25, 0.3) is 10.1 Å². The third-order valence-corrected chi connectivity index (χ3v) is 3.93. The smallest absolute Gasteiger partial charge is 0.269 e. The van der Waals surface area contributed by atoms with E-state index in [1.54, 1.807) is 12.1 Å². The van der Waals surface area contributed by atoms with E-state index in [1.165, 1.54) is 5.56 Å². The second-order valence-corrected chi connectivity index (χ2v) is 7.17.